The summed E-state index contributed by atoms with van der Waals surface area (Å²) in [6.07, 6.45) is 1.61. The number of para-hydroxylation sites is 1. The van der Waals surface area contributed by atoms with E-state index >= 15 is 0 Å². The zero-order chi connectivity index (χ0) is 19.8. The van der Waals surface area contributed by atoms with E-state index in [0.29, 0.717) is 31.1 Å². The number of carbonyl (C=O) groups excluding carboxylic acids is 1. The van der Waals surface area contributed by atoms with Gasteiger partial charge >= 0.3 is 0 Å². The molecule has 0 spiro atoms. The number of morpholine rings is 1. The van der Waals surface area contributed by atoms with E-state index in [0.717, 1.165) is 17.0 Å². The van der Waals surface area contributed by atoms with Gasteiger partial charge in [0.2, 0.25) is 0 Å². The molecular weight excluding hydrogens is 361 g/mol. The minimum Gasteiger partial charge on any atom is -0.377 e. The normalized spacial score (nSPS) is 17.1. The summed E-state index contributed by atoms with van der Waals surface area (Å²) in [5.41, 5.74) is 3.33. The highest BCUT2D eigenvalue weighted by Gasteiger charge is 2.34. The van der Waals surface area contributed by atoms with Crippen molar-refractivity contribution in [2.75, 3.05) is 19.8 Å². The van der Waals surface area contributed by atoms with Crippen molar-refractivity contribution in [3.8, 4) is 5.69 Å². The minimum absolute atomic E-state index is 0.106. The van der Waals surface area contributed by atoms with Crippen LogP contribution < -0.4 is 0 Å². The van der Waals surface area contributed by atoms with Crippen molar-refractivity contribution in [1.29, 1.82) is 0 Å². The fourth-order valence-electron chi connectivity index (χ4n) is 3.81. The monoisotopic (exact) mass is 383 g/mol. The number of amides is 1. The summed E-state index contributed by atoms with van der Waals surface area (Å²) in [4.78, 5) is 14.9. The van der Waals surface area contributed by atoms with Crippen molar-refractivity contribution >= 4 is 5.91 Å². The number of aromatic nitrogens is 4. The fourth-order valence-corrected chi connectivity index (χ4v) is 3.81. The van der Waals surface area contributed by atoms with Crippen molar-refractivity contribution in [3.05, 3.63) is 65.0 Å². The molecule has 1 amide bonds. The molecule has 8 heteroatoms. The van der Waals surface area contributed by atoms with Gasteiger partial charge in [-0.15, -0.1) is 0 Å². The maximum absolute atomic E-state index is 14.3. The van der Waals surface area contributed by atoms with E-state index in [-0.39, 0.29) is 17.8 Å². The van der Waals surface area contributed by atoms with Crippen molar-refractivity contribution in [3.63, 3.8) is 0 Å². The van der Waals surface area contributed by atoms with Gasteiger partial charge in [-0.25, -0.2) is 9.07 Å². The number of aryl methyl sites for hydroxylation is 2. The van der Waals surface area contributed by atoms with Crippen LogP contribution in [0.1, 0.15) is 33.5 Å². The Morgan fingerprint density at radius 2 is 2.04 bits per heavy atom. The molecule has 1 atom stereocenters. The maximum atomic E-state index is 14.3. The molecule has 0 bridgehead atoms. The number of carbonyl (C=O) groups is 1. The average molecular weight is 383 g/mol. The van der Waals surface area contributed by atoms with Crippen LogP contribution >= 0.6 is 0 Å². The van der Waals surface area contributed by atoms with Crippen LogP contribution in [-0.4, -0.2) is 50.1 Å². The third kappa shape index (κ3) is 2.99. The van der Waals surface area contributed by atoms with Crippen LogP contribution in [-0.2, 0) is 11.8 Å². The van der Waals surface area contributed by atoms with Gasteiger partial charge in [-0.2, -0.15) is 10.2 Å². The first kappa shape index (κ1) is 18.4. The molecule has 4 rings (SSSR count). The van der Waals surface area contributed by atoms with Crippen LogP contribution in [0.25, 0.3) is 5.69 Å². The second-order valence-electron chi connectivity index (χ2n) is 6.88. The Balaban J connectivity index is 1.76. The summed E-state index contributed by atoms with van der Waals surface area (Å²) in [6.45, 7) is 5.08. The highest BCUT2D eigenvalue weighted by molar-refractivity contribution is 5.93. The Hall–Kier alpha value is -3.00. The summed E-state index contributed by atoms with van der Waals surface area (Å²) in [6, 6.07) is 7.93. The molecule has 28 heavy (non-hydrogen) atoms. The summed E-state index contributed by atoms with van der Waals surface area (Å²) >= 11 is 0. The minimum atomic E-state index is -0.345. The van der Waals surface area contributed by atoms with E-state index in [1.54, 1.807) is 51.8 Å². The third-order valence-electron chi connectivity index (χ3n) is 5.19. The Bertz CT molecular complexity index is 1030. The quantitative estimate of drug-likeness (QED) is 0.697. The van der Waals surface area contributed by atoms with Crippen LogP contribution in [0.15, 0.2) is 36.5 Å². The number of ether oxygens (including phenoxy) is 1. The molecule has 0 radical (unpaired) electrons. The van der Waals surface area contributed by atoms with Crippen molar-refractivity contribution in [1.82, 2.24) is 24.5 Å². The third-order valence-corrected chi connectivity index (χ3v) is 5.19. The molecule has 0 aliphatic carbocycles. The molecule has 3 heterocycles. The Labute approximate surface area is 162 Å². The van der Waals surface area contributed by atoms with Gasteiger partial charge in [-0.3, -0.25) is 9.48 Å². The predicted molar refractivity (Wildman–Crippen MR) is 101 cm³/mol. The number of nitrogens with zero attached hydrogens (tertiary/aromatic N) is 5. The molecule has 1 aliphatic rings. The Kier molecular flexibility index (Phi) is 4.72. The molecule has 1 aliphatic heterocycles. The van der Waals surface area contributed by atoms with Crippen molar-refractivity contribution in [2.24, 2.45) is 7.05 Å². The summed E-state index contributed by atoms with van der Waals surface area (Å²) in [5.74, 6) is -0.451. The highest BCUT2D eigenvalue weighted by Crippen LogP contribution is 2.32. The molecule has 1 aromatic carbocycles. The second-order valence-corrected chi connectivity index (χ2v) is 6.88. The number of rotatable bonds is 3. The summed E-state index contributed by atoms with van der Waals surface area (Å²) < 4.78 is 23.2. The topological polar surface area (TPSA) is 65.2 Å². The zero-order valence-corrected chi connectivity index (χ0v) is 16.1. The molecule has 1 fully saturated rings. The van der Waals surface area contributed by atoms with E-state index in [2.05, 4.69) is 10.2 Å². The smallest absolute Gasteiger partial charge is 0.272 e. The van der Waals surface area contributed by atoms with E-state index in [1.807, 2.05) is 13.8 Å². The molecule has 0 unspecified atom stereocenters. The lowest BCUT2D eigenvalue weighted by molar-refractivity contribution is -0.00360. The number of benzene rings is 1. The van der Waals surface area contributed by atoms with E-state index in [9.17, 15) is 9.18 Å². The van der Waals surface area contributed by atoms with Crippen LogP contribution in [0.4, 0.5) is 4.39 Å². The van der Waals surface area contributed by atoms with E-state index in [1.165, 1.54) is 6.07 Å². The summed E-state index contributed by atoms with van der Waals surface area (Å²) in [7, 11) is 1.75. The van der Waals surface area contributed by atoms with Gasteiger partial charge < -0.3 is 9.64 Å². The lowest BCUT2D eigenvalue weighted by Crippen LogP contribution is -2.44. The Morgan fingerprint density at radius 1 is 1.25 bits per heavy atom. The lowest BCUT2D eigenvalue weighted by Gasteiger charge is -2.36. The number of hydrogen-bond acceptors (Lipinski definition) is 4. The molecule has 3 aromatic rings. The van der Waals surface area contributed by atoms with Crippen molar-refractivity contribution < 1.29 is 13.9 Å². The molecule has 1 saturated heterocycles. The maximum Gasteiger partial charge on any atom is 0.272 e. The Morgan fingerprint density at radius 3 is 2.75 bits per heavy atom. The number of halogens is 1. The van der Waals surface area contributed by atoms with Gasteiger partial charge in [-0.1, -0.05) is 12.1 Å². The van der Waals surface area contributed by atoms with Crippen LogP contribution in [0, 0.1) is 19.7 Å². The van der Waals surface area contributed by atoms with Gasteiger partial charge in [-0.05, 0) is 32.0 Å². The molecule has 146 valence electrons. The second kappa shape index (κ2) is 7.20. The van der Waals surface area contributed by atoms with Crippen LogP contribution in [0.3, 0.4) is 0 Å². The molecular formula is C20H22FN5O2. The van der Waals surface area contributed by atoms with Crippen molar-refractivity contribution in [2.45, 2.75) is 19.9 Å². The standard InChI is InChI=1S/C20H22FN5O2/c1-13-19(14(2)26(23-13)16-7-5-4-6-15(16)21)18-12-28-11-10-25(18)20(27)17-8-9-22-24(17)3/h4-9,18H,10-12H2,1-3H3/t18-/m0/s1. The van der Waals surface area contributed by atoms with E-state index in [4.69, 9.17) is 4.74 Å². The van der Waals surface area contributed by atoms with Gasteiger partial charge in [0.25, 0.3) is 5.91 Å². The largest absolute Gasteiger partial charge is 0.377 e. The zero-order valence-electron chi connectivity index (χ0n) is 16.1. The number of hydrogen-bond donors (Lipinski definition) is 0. The van der Waals surface area contributed by atoms with Gasteiger partial charge in [0.15, 0.2) is 0 Å². The van der Waals surface area contributed by atoms with Crippen LogP contribution in [0.5, 0.6) is 0 Å². The summed E-state index contributed by atoms with van der Waals surface area (Å²) in [5, 5.41) is 8.65. The SMILES string of the molecule is Cc1nn(-c2ccccc2F)c(C)c1[C@@H]1COCCN1C(=O)c1ccnn1C. The molecule has 0 saturated carbocycles. The van der Waals surface area contributed by atoms with Gasteiger partial charge in [0, 0.05) is 31.0 Å². The molecule has 2 aromatic heterocycles. The predicted octanol–water partition coefficient (Wildman–Crippen LogP) is 2.58. The lowest BCUT2D eigenvalue weighted by atomic mass is 10.0. The average Bonchev–Trinajstić information content (AvgIpc) is 3.24. The molecule has 0 N–H and O–H groups in total. The van der Waals surface area contributed by atoms with Gasteiger partial charge in [0.05, 0.1) is 24.9 Å². The van der Waals surface area contributed by atoms with Gasteiger partial charge in [0.1, 0.15) is 17.2 Å². The van der Waals surface area contributed by atoms with Crippen LogP contribution in [0.2, 0.25) is 0 Å². The first-order chi connectivity index (χ1) is 13.5. The van der Waals surface area contributed by atoms with E-state index < -0.39 is 0 Å². The molecule has 7 nitrogen and oxygen atoms in total. The first-order valence-electron chi connectivity index (χ1n) is 9.16. The highest BCUT2D eigenvalue weighted by atomic mass is 19.1. The fraction of sp³-hybridized carbons (Fsp3) is 0.350. The first-order valence-corrected chi connectivity index (χ1v) is 9.16.